The second-order valence-electron chi connectivity index (χ2n) is 7.52. The summed E-state index contributed by atoms with van der Waals surface area (Å²) in [5, 5.41) is 20.5. The van der Waals surface area contributed by atoms with Crippen LogP contribution in [0.3, 0.4) is 0 Å². The SMILES string of the molecule is CCCCC[C@H](O)/C=C/[C@@H]1[C@@H](CCCCCCC(=O)[O-])[C@@H]2C[C@H]1OO2. The van der Waals surface area contributed by atoms with Gasteiger partial charge in [0, 0.05) is 18.3 Å². The summed E-state index contributed by atoms with van der Waals surface area (Å²) in [6.07, 6.45) is 14.1. The average molecular weight is 353 g/mol. The van der Waals surface area contributed by atoms with Crippen LogP contribution in [0.1, 0.15) is 77.6 Å². The largest absolute Gasteiger partial charge is 0.550 e. The predicted octanol–water partition coefficient (Wildman–Crippen LogP) is 2.91. The molecular formula is C20H33O5-. The van der Waals surface area contributed by atoms with Crippen molar-refractivity contribution in [3.8, 4) is 0 Å². The van der Waals surface area contributed by atoms with Crippen LogP contribution in [0, 0.1) is 11.8 Å². The summed E-state index contributed by atoms with van der Waals surface area (Å²) in [5.41, 5.74) is 0. The van der Waals surface area contributed by atoms with Crippen molar-refractivity contribution < 1.29 is 24.8 Å². The first kappa shape index (κ1) is 20.4. The number of unbranched alkanes of at least 4 members (excludes halogenated alkanes) is 5. The van der Waals surface area contributed by atoms with Gasteiger partial charge in [-0.15, -0.1) is 0 Å². The molecule has 2 rings (SSSR count). The molecule has 1 saturated heterocycles. The minimum Gasteiger partial charge on any atom is -0.550 e. The normalized spacial score (nSPS) is 29.5. The Morgan fingerprint density at radius 2 is 1.92 bits per heavy atom. The van der Waals surface area contributed by atoms with E-state index in [1.807, 2.05) is 6.08 Å². The number of carbonyl (C=O) groups is 1. The Kier molecular flexibility index (Phi) is 8.93. The van der Waals surface area contributed by atoms with E-state index in [1.54, 1.807) is 0 Å². The first-order chi connectivity index (χ1) is 12.1. The molecule has 5 atom stereocenters. The zero-order chi connectivity index (χ0) is 18.1. The fourth-order valence-electron chi connectivity index (χ4n) is 4.05. The Morgan fingerprint density at radius 1 is 1.16 bits per heavy atom. The molecule has 0 aromatic heterocycles. The number of hydrogen-bond donors (Lipinski definition) is 1. The Hall–Kier alpha value is -0.910. The Morgan fingerprint density at radius 3 is 2.68 bits per heavy atom. The highest BCUT2D eigenvalue weighted by molar-refractivity contribution is 5.64. The fraction of sp³-hybridized carbons (Fsp3) is 0.850. The van der Waals surface area contributed by atoms with Crippen molar-refractivity contribution in [3.05, 3.63) is 12.2 Å². The van der Waals surface area contributed by atoms with Gasteiger partial charge in [0.1, 0.15) is 6.10 Å². The van der Waals surface area contributed by atoms with Crippen LogP contribution in [0.2, 0.25) is 0 Å². The third kappa shape index (κ3) is 6.72. The van der Waals surface area contributed by atoms with Gasteiger partial charge in [-0.05, 0) is 31.6 Å². The lowest BCUT2D eigenvalue weighted by atomic mass is 9.87. The molecule has 144 valence electrons. The third-order valence-electron chi connectivity index (χ3n) is 5.50. The van der Waals surface area contributed by atoms with Gasteiger partial charge in [0.2, 0.25) is 0 Å². The number of aliphatic hydroxyl groups excluding tert-OH is 1. The Balaban J connectivity index is 1.71. The molecular weight excluding hydrogens is 320 g/mol. The lowest BCUT2D eigenvalue weighted by Crippen LogP contribution is -2.29. The maximum absolute atomic E-state index is 10.4. The number of fused-ring (bicyclic) bond motifs is 2. The first-order valence-corrected chi connectivity index (χ1v) is 10.00. The standard InChI is InChI=1S/C20H34O5/c1-2-3-6-9-15(21)12-13-17-16(18-14-19(17)25-24-18)10-7-4-5-8-11-20(22)23/h12-13,15-19,21H,2-11,14H2,1H3,(H,22,23)/p-1/b13-12+/t15-,16+,17+,18-,19+/m0/s1. The highest BCUT2D eigenvalue weighted by Crippen LogP contribution is 2.45. The van der Waals surface area contributed by atoms with Crippen molar-refractivity contribution in [3.63, 3.8) is 0 Å². The Labute approximate surface area is 151 Å². The van der Waals surface area contributed by atoms with Crippen molar-refractivity contribution >= 4 is 5.97 Å². The van der Waals surface area contributed by atoms with Gasteiger partial charge in [0.25, 0.3) is 0 Å². The van der Waals surface area contributed by atoms with Crippen molar-refractivity contribution in [2.24, 2.45) is 11.8 Å². The highest BCUT2D eigenvalue weighted by atomic mass is 17.2. The van der Waals surface area contributed by atoms with Crippen LogP contribution in [-0.2, 0) is 14.6 Å². The van der Waals surface area contributed by atoms with Gasteiger partial charge in [-0.1, -0.05) is 57.6 Å². The molecule has 2 fully saturated rings. The summed E-state index contributed by atoms with van der Waals surface area (Å²) in [5.74, 6) is -0.192. The molecule has 1 heterocycles. The monoisotopic (exact) mass is 353 g/mol. The predicted molar refractivity (Wildman–Crippen MR) is 93.3 cm³/mol. The third-order valence-corrected chi connectivity index (χ3v) is 5.50. The highest BCUT2D eigenvalue weighted by Gasteiger charge is 2.49. The van der Waals surface area contributed by atoms with Crippen LogP contribution in [0.15, 0.2) is 12.2 Å². The minimum absolute atomic E-state index is 0.118. The van der Waals surface area contributed by atoms with Crippen molar-refractivity contribution in [1.29, 1.82) is 0 Å². The number of aliphatic carboxylic acids is 1. The minimum atomic E-state index is -0.957. The Bertz CT molecular complexity index is 422. The van der Waals surface area contributed by atoms with Gasteiger partial charge in [-0.2, -0.15) is 0 Å². The molecule has 1 N–H and O–H groups in total. The zero-order valence-electron chi connectivity index (χ0n) is 15.4. The van der Waals surface area contributed by atoms with Crippen LogP contribution in [-0.4, -0.2) is 29.4 Å². The fourth-order valence-corrected chi connectivity index (χ4v) is 4.05. The molecule has 0 unspecified atom stereocenters. The molecule has 0 aromatic rings. The van der Waals surface area contributed by atoms with E-state index in [4.69, 9.17) is 9.78 Å². The summed E-state index contributed by atoms with van der Waals surface area (Å²) >= 11 is 0. The average Bonchev–Trinajstić information content (AvgIpc) is 3.17. The molecule has 2 aliphatic rings. The van der Waals surface area contributed by atoms with E-state index in [2.05, 4.69) is 13.0 Å². The molecule has 0 spiro atoms. The second-order valence-corrected chi connectivity index (χ2v) is 7.52. The quantitative estimate of drug-likeness (QED) is 0.313. The summed E-state index contributed by atoms with van der Waals surface area (Å²) in [4.78, 5) is 21.2. The number of carboxylic acids is 1. The number of rotatable bonds is 13. The smallest absolute Gasteiger partial charge is 0.102 e. The molecule has 5 nitrogen and oxygen atoms in total. The van der Waals surface area contributed by atoms with E-state index in [9.17, 15) is 15.0 Å². The van der Waals surface area contributed by atoms with E-state index in [1.165, 1.54) is 6.42 Å². The van der Waals surface area contributed by atoms with Crippen LogP contribution < -0.4 is 5.11 Å². The number of carboxylic acid groups (broad SMARTS) is 1. The van der Waals surface area contributed by atoms with Crippen molar-refractivity contribution in [2.75, 3.05) is 0 Å². The summed E-state index contributed by atoms with van der Waals surface area (Å²) in [6.45, 7) is 2.16. The van der Waals surface area contributed by atoms with E-state index < -0.39 is 5.97 Å². The summed E-state index contributed by atoms with van der Waals surface area (Å²) in [7, 11) is 0. The van der Waals surface area contributed by atoms with E-state index >= 15 is 0 Å². The lowest BCUT2D eigenvalue weighted by Gasteiger charge is -2.28. The molecule has 1 aliphatic heterocycles. The molecule has 25 heavy (non-hydrogen) atoms. The number of carbonyl (C=O) groups excluding carboxylic acids is 1. The van der Waals surface area contributed by atoms with Gasteiger partial charge < -0.3 is 15.0 Å². The van der Waals surface area contributed by atoms with E-state index in [0.717, 1.165) is 51.4 Å². The molecule has 1 saturated carbocycles. The molecule has 0 radical (unpaired) electrons. The van der Waals surface area contributed by atoms with Crippen LogP contribution in [0.25, 0.3) is 0 Å². The second kappa shape index (κ2) is 10.9. The molecule has 1 aliphatic carbocycles. The maximum atomic E-state index is 10.4. The van der Waals surface area contributed by atoms with Crippen molar-refractivity contribution in [2.45, 2.75) is 95.9 Å². The topological polar surface area (TPSA) is 78.8 Å². The number of hydrogen-bond acceptors (Lipinski definition) is 5. The van der Waals surface area contributed by atoms with E-state index in [-0.39, 0.29) is 24.7 Å². The van der Waals surface area contributed by atoms with Gasteiger partial charge in [-0.3, -0.25) is 0 Å². The maximum Gasteiger partial charge on any atom is 0.102 e. The molecule has 0 aromatic carbocycles. The lowest BCUT2D eigenvalue weighted by molar-refractivity contribution is -0.337. The van der Waals surface area contributed by atoms with Crippen LogP contribution >= 0.6 is 0 Å². The summed E-state index contributed by atoms with van der Waals surface area (Å²) < 4.78 is 0. The van der Waals surface area contributed by atoms with Crippen LogP contribution in [0.5, 0.6) is 0 Å². The van der Waals surface area contributed by atoms with Gasteiger partial charge in [-0.25, -0.2) is 9.78 Å². The number of aliphatic hydroxyl groups is 1. The summed E-state index contributed by atoms with van der Waals surface area (Å²) in [6, 6.07) is 0. The van der Waals surface area contributed by atoms with Gasteiger partial charge in [0.15, 0.2) is 0 Å². The molecule has 0 amide bonds. The van der Waals surface area contributed by atoms with E-state index in [0.29, 0.717) is 18.3 Å². The van der Waals surface area contributed by atoms with Crippen molar-refractivity contribution in [1.82, 2.24) is 0 Å². The van der Waals surface area contributed by atoms with Gasteiger partial charge >= 0.3 is 0 Å². The van der Waals surface area contributed by atoms with Crippen LogP contribution in [0.4, 0.5) is 0 Å². The first-order valence-electron chi connectivity index (χ1n) is 10.00. The van der Waals surface area contributed by atoms with Gasteiger partial charge in [0.05, 0.1) is 12.2 Å². The molecule has 5 heteroatoms. The molecule has 2 bridgehead atoms. The zero-order valence-corrected chi connectivity index (χ0v) is 15.4.